The van der Waals surface area contributed by atoms with Crippen molar-refractivity contribution in [2.45, 2.75) is 45.4 Å². The van der Waals surface area contributed by atoms with E-state index in [1.165, 1.54) is 4.80 Å². The third kappa shape index (κ3) is 4.47. The van der Waals surface area contributed by atoms with Crippen LogP contribution in [-0.4, -0.2) is 58.3 Å². The zero-order valence-corrected chi connectivity index (χ0v) is 19.1. The molecule has 1 saturated heterocycles. The van der Waals surface area contributed by atoms with E-state index in [0.29, 0.717) is 24.3 Å². The number of aliphatic hydroxyl groups is 1. The SMILES string of the molecule is Cc1ccc(-n2nccn2)c(C(=O)N2CCCC[C@H]2Cn2cc(-c3cc(CO)ccn3)cn2)c1. The predicted octanol–water partition coefficient (Wildman–Crippen LogP) is 3.02. The minimum atomic E-state index is -0.0300. The molecule has 0 aliphatic carbocycles. The Morgan fingerprint density at radius 2 is 1.94 bits per heavy atom. The van der Waals surface area contributed by atoms with Crippen LogP contribution in [0.5, 0.6) is 0 Å². The summed E-state index contributed by atoms with van der Waals surface area (Å²) in [6.07, 6.45) is 11.6. The van der Waals surface area contributed by atoms with Crippen LogP contribution in [0, 0.1) is 6.92 Å². The van der Waals surface area contributed by atoms with E-state index in [9.17, 15) is 9.90 Å². The van der Waals surface area contributed by atoms with Crippen molar-refractivity contribution in [2.75, 3.05) is 6.54 Å². The molecule has 1 aliphatic rings. The molecule has 9 heteroatoms. The Bertz CT molecular complexity index is 1280. The summed E-state index contributed by atoms with van der Waals surface area (Å²) in [5.41, 5.74) is 4.76. The molecule has 9 nitrogen and oxygen atoms in total. The lowest BCUT2D eigenvalue weighted by Gasteiger charge is -2.36. The predicted molar refractivity (Wildman–Crippen MR) is 126 cm³/mol. The van der Waals surface area contributed by atoms with Crippen LogP contribution >= 0.6 is 0 Å². The van der Waals surface area contributed by atoms with Gasteiger partial charge in [0, 0.05) is 24.5 Å². The number of carbonyl (C=O) groups is 1. The summed E-state index contributed by atoms with van der Waals surface area (Å²) in [5, 5.41) is 22.4. The lowest BCUT2D eigenvalue weighted by Crippen LogP contribution is -2.46. The molecule has 174 valence electrons. The van der Waals surface area contributed by atoms with Crippen LogP contribution < -0.4 is 0 Å². The maximum absolute atomic E-state index is 13.8. The molecule has 4 aromatic rings. The first-order chi connectivity index (χ1) is 16.6. The average molecular weight is 458 g/mol. The molecule has 4 heterocycles. The molecule has 0 unspecified atom stereocenters. The standard InChI is InChI=1S/C25H27N7O2/c1-18-5-6-24(32-27-9-10-28-32)22(12-18)25(34)31-11-3-2-4-21(31)16-30-15-20(14-29-30)23-13-19(17-33)7-8-26-23/h5-10,12-15,21,33H,2-4,11,16-17H2,1H3/t21-/m0/s1. The molecular weight excluding hydrogens is 430 g/mol. The number of carbonyl (C=O) groups excluding carboxylic acids is 1. The Kier molecular flexibility index (Phi) is 6.18. The van der Waals surface area contributed by atoms with Gasteiger partial charge in [-0.1, -0.05) is 11.6 Å². The zero-order chi connectivity index (χ0) is 23.5. The highest BCUT2D eigenvalue weighted by Gasteiger charge is 2.30. The Morgan fingerprint density at radius 1 is 1.09 bits per heavy atom. The third-order valence-electron chi connectivity index (χ3n) is 6.24. The first kappa shape index (κ1) is 22.0. The number of nitrogens with zero attached hydrogens (tertiary/aromatic N) is 7. The van der Waals surface area contributed by atoms with E-state index in [2.05, 4.69) is 20.3 Å². The first-order valence-electron chi connectivity index (χ1n) is 11.5. The summed E-state index contributed by atoms with van der Waals surface area (Å²) in [5.74, 6) is -0.00890. The van der Waals surface area contributed by atoms with E-state index in [-0.39, 0.29) is 18.6 Å². The summed E-state index contributed by atoms with van der Waals surface area (Å²) < 4.78 is 1.88. The van der Waals surface area contributed by atoms with Gasteiger partial charge in [0.2, 0.25) is 0 Å². The van der Waals surface area contributed by atoms with E-state index < -0.39 is 0 Å². The van der Waals surface area contributed by atoms with E-state index in [1.807, 2.05) is 47.0 Å². The topological polar surface area (TPSA) is 102 Å². The number of amides is 1. The highest BCUT2D eigenvalue weighted by Crippen LogP contribution is 2.25. The van der Waals surface area contributed by atoms with Gasteiger partial charge in [-0.15, -0.1) is 0 Å². The van der Waals surface area contributed by atoms with Gasteiger partial charge >= 0.3 is 0 Å². The molecule has 34 heavy (non-hydrogen) atoms. The van der Waals surface area contributed by atoms with Crippen LogP contribution in [0.4, 0.5) is 0 Å². The molecule has 1 fully saturated rings. The Balaban J connectivity index is 1.39. The number of hydrogen-bond acceptors (Lipinski definition) is 6. The lowest BCUT2D eigenvalue weighted by molar-refractivity contribution is 0.0583. The largest absolute Gasteiger partial charge is 0.392 e. The maximum Gasteiger partial charge on any atom is 0.256 e. The van der Waals surface area contributed by atoms with Crippen molar-refractivity contribution >= 4 is 5.91 Å². The summed E-state index contributed by atoms with van der Waals surface area (Å²) in [7, 11) is 0. The Morgan fingerprint density at radius 3 is 2.76 bits per heavy atom. The number of likely N-dealkylation sites (tertiary alicyclic amines) is 1. The molecule has 1 aliphatic heterocycles. The smallest absolute Gasteiger partial charge is 0.256 e. The summed E-state index contributed by atoms with van der Waals surface area (Å²) in [6.45, 7) is 3.26. The fourth-order valence-corrected chi connectivity index (χ4v) is 4.49. The van der Waals surface area contributed by atoms with Gasteiger partial charge in [0.05, 0.1) is 54.7 Å². The fraction of sp³-hybridized carbons (Fsp3) is 0.320. The van der Waals surface area contributed by atoms with Crippen LogP contribution in [-0.2, 0) is 13.2 Å². The van der Waals surface area contributed by atoms with Crippen LogP contribution in [0.25, 0.3) is 16.9 Å². The maximum atomic E-state index is 13.8. The quantitative estimate of drug-likeness (QED) is 0.478. The van der Waals surface area contributed by atoms with E-state index >= 15 is 0 Å². The molecule has 1 aromatic carbocycles. The number of benzene rings is 1. The minimum absolute atomic E-state index is 0.00890. The number of pyridine rings is 1. The fourth-order valence-electron chi connectivity index (χ4n) is 4.49. The van der Waals surface area contributed by atoms with Gasteiger partial charge in [0.1, 0.15) is 0 Å². The second kappa shape index (κ2) is 9.56. The van der Waals surface area contributed by atoms with Gasteiger partial charge in [-0.3, -0.25) is 14.5 Å². The minimum Gasteiger partial charge on any atom is -0.392 e. The Hall–Kier alpha value is -3.85. The average Bonchev–Trinajstić information content (AvgIpc) is 3.57. The van der Waals surface area contributed by atoms with Crippen molar-refractivity contribution in [2.24, 2.45) is 0 Å². The number of aromatic nitrogens is 6. The van der Waals surface area contributed by atoms with Crippen molar-refractivity contribution < 1.29 is 9.90 Å². The second-order valence-corrected chi connectivity index (χ2v) is 8.65. The monoisotopic (exact) mass is 457 g/mol. The summed E-state index contributed by atoms with van der Waals surface area (Å²) in [6, 6.07) is 9.46. The summed E-state index contributed by atoms with van der Waals surface area (Å²) in [4.78, 5) is 21.6. The van der Waals surface area contributed by atoms with Crippen LogP contribution in [0.2, 0.25) is 0 Å². The lowest BCUT2D eigenvalue weighted by atomic mass is 9.99. The van der Waals surface area contributed by atoms with E-state index in [4.69, 9.17) is 0 Å². The number of piperidine rings is 1. The highest BCUT2D eigenvalue weighted by atomic mass is 16.3. The molecule has 3 aromatic heterocycles. The zero-order valence-electron chi connectivity index (χ0n) is 19.1. The van der Waals surface area contributed by atoms with Crippen molar-refractivity contribution in [1.82, 2.24) is 34.7 Å². The third-order valence-corrected chi connectivity index (χ3v) is 6.24. The normalized spacial score (nSPS) is 16.1. The molecule has 1 N–H and O–H groups in total. The van der Waals surface area contributed by atoms with Crippen molar-refractivity contribution in [3.8, 4) is 16.9 Å². The van der Waals surface area contributed by atoms with Crippen molar-refractivity contribution in [3.63, 3.8) is 0 Å². The number of rotatable bonds is 6. The van der Waals surface area contributed by atoms with Gasteiger partial charge in [-0.2, -0.15) is 20.1 Å². The molecule has 1 amide bonds. The van der Waals surface area contributed by atoms with Crippen molar-refractivity contribution in [3.05, 3.63) is 78.0 Å². The molecular formula is C25H27N7O2. The van der Waals surface area contributed by atoms with E-state index in [1.54, 1.807) is 30.9 Å². The summed E-state index contributed by atoms with van der Waals surface area (Å²) >= 11 is 0. The Labute approximate surface area is 197 Å². The molecule has 0 bridgehead atoms. The van der Waals surface area contributed by atoms with E-state index in [0.717, 1.165) is 41.6 Å². The van der Waals surface area contributed by atoms with Crippen LogP contribution in [0.3, 0.4) is 0 Å². The van der Waals surface area contributed by atoms with Gasteiger partial charge in [-0.25, -0.2) is 0 Å². The van der Waals surface area contributed by atoms with Gasteiger partial charge in [0.25, 0.3) is 5.91 Å². The molecule has 0 radical (unpaired) electrons. The molecule has 0 spiro atoms. The number of aliphatic hydroxyl groups excluding tert-OH is 1. The van der Waals surface area contributed by atoms with Gasteiger partial charge in [-0.05, 0) is 56.0 Å². The van der Waals surface area contributed by atoms with Crippen LogP contribution in [0.15, 0.2) is 61.3 Å². The second-order valence-electron chi connectivity index (χ2n) is 8.65. The van der Waals surface area contributed by atoms with Gasteiger partial charge in [0.15, 0.2) is 0 Å². The molecule has 5 rings (SSSR count). The first-order valence-corrected chi connectivity index (χ1v) is 11.5. The van der Waals surface area contributed by atoms with Crippen LogP contribution in [0.1, 0.15) is 40.7 Å². The number of aryl methyl sites for hydroxylation is 1. The number of hydrogen-bond donors (Lipinski definition) is 1. The van der Waals surface area contributed by atoms with Gasteiger partial charge < -0.3 is 10.0 Å². The molecule has 1 atom stereocenters. The highest BCUT2D eigenvalue weighted by molar-refractivity contribution is 5.98. The molecule has 0 saturated carbocycles. The van der Waals surface area contributed by atoms with Crippen molar-refractivity contribution in [1.29, 1.82) is 0 Å².